The zero-order valence-electron chi connectivity index (χ0n) is 7.18. The van der Waals surface area contributed by atoms with Gasteiger partial charge in [-0.15, -0.1) is 0 Å². The van der Waals surface area contributed by atoms with Gasteiger partial charge in [0, 0.05) is 12.0 Å². The second-order valence-corrected chi connectivity index (χ2v) is 2.96. The van der Waals surface area contributed by atoms with Crippen LogP contribution in [0.4, 0.5) is 0 Å². The Balaban J connectivity index is 3.58. The third-order valence-electron chi connectivity index (χ3n) is 1.89. The van der Waals surface area contributed by atoms with E-state index in [1.165, 1.54) is 0 Å². The standard InChI is InChI=1S/C8H18O2/c1-4-8(3,6-9)7-10-5-2/h9H,4-7H2,1-3H3. The van der Waals surface area contributed by atoms with Crippen molar-refractivity contribution < 1.29 is 9.84 Å². The highest BCUT2D eigenvalue weighted by Gasteiger charge is 2.20. The van der Waals surface area contributed by atoms with Gasteiger partial charge in [-0.3, -0.25) is 0 Å². The van der Waals surface area contributed by atoms with E-state index in [1.807, 2.05) is 13.8 Å². The van der Waals surface area contributed by atoms with Gasteiger partial charge in [-0.1, -0.05) is 13.8 Å². The molecular formula is C8H18O2. The Morgan fingerprint density at radius 3 is 2.30 bits per heavy atom. The molecule has 0 radical (unpaired) electrons. The lowest BCUT2D eigenvalue weighted by molar-refractivity contribution is 0.0202. The van der Waals surface area contributed by atoms with Crippen molar-refractivity contribution in [2.45, 2.75) is 27.2 Å². The van der Waals surface area contributed by atoms with Crippen molar-refractivity contribution in [2.24, 2.45) is 5.41 Å². The average molecular weight is 146 g/mol. The summed E-state index contributed by atoms with van der Waals surface area (Å²) < 4.78 is 5.22. The summed E-state index contributed by atoms with van der Waals surface area (Å²) >= 11 is 0. The maximum absolute atomic E-state index is 8.93. The molecule has 1 N–H and O–H groups in total. The van der Waals surface area contributed by atoms with E-state index in [1.54, 1.807) is 0 Å². The van der Waals surface area contributed by atoms with E-state index in [2.05, 4.69) is 6.92 Å². The van der Waals surface area contributed by atoms with Crippen LogP contribution in [-0.4, -0.2) is 24.9 Å². The van der Waals surface area contributed by atoms with Crippen LogP contribution in [0, 0.1) is 5.41 Å². The number of aliphatic hydroxyl groups is 1. The molecule has 0 aromatic carbocycles. The molecule has 0 aliphatic carbocycles. The van der Waals surface area contributed by atoms with Crippen LogP contribution in [-0.2, 0) is 4.74 Å². The fourth-order valence-electron chi connectivity index (χ4n) is 0.608. The molecule has 0 rings (SSSR count). The molecule has 0 bridgehead atoms. The summed E-state index contributed by atoms with van der Waals surface area (Å²) in [5, 5.41) is 8.93. The zero-order chi connectivity index (χ0) is 8.04. The predicted octanol–water partition coefficient (Wildman–Crippen LogP) is 1.43. The number of aliphatic hydroxyl groups excluding tert-OH is 1. The highest BCUT2D eigenvalue weighted by atomic mass is 16.5. The monoisotopic (exact) mass is 146 g/mol. The maximum Gasteiger partial charge on any atom is 0.0541 e. The van der Waals surface area contributed by atoms with Crippen LogP contribution in [0.1, 0.15) is 27.2 Å². The minimum Gasteiger partial charge on any atom is -0.396 e. The van der Waals surface area contributed by atoms with Crippen LogP contribution in [0.25, 0.3) is 0 Å². The first-order valence-corrected chi connectivity index (χ1v) is 3.87. The van der Waals surface area contributed by atoms with Crippen molar-refractivity contribution in [1.82, 2.24) is 0 Å². The lowest BCUT2D eigenvalue weighted by Gasteiger charge is -2.24. The lowest BCUT2D eigenvalue weighted by atomic mass is 9.90. The molecule has 0 heterocycles. The van der Waals surface area contributed by atoms with Crippen LogP contribution >= 0.6 is 0 Å². The first-order valence-electron chi connectivity index (χ1n) is 3.87. The second kappa shape index (κ2) is 4.69. The van der Waals surface area contributed by atoms with Gasteiger partial charge in [0.05, 0.1) is 13.2 Å². The van der Waals surface area contributed by atoms with E-state index >= 15 is 0 Å². The number of hydrogen-bond acceptors (Lipinski definition) is 2. The van der Waals surface area contributed by atoms with Crippen molar-refractivity contribution >= 4 is 0 Å². The zero-order valence-corrected chi connectivity index (χ0v) is 7.18. The Morgan fingerprint density at radius 1 is 1.40 bits per heavy atom. The number of ether oxygens (including phenoxy) is 1. The Bertz CT molecular complexity index is 77.3. The van der Waals surface area contributed by atoms with E-state index < -0.39 is 0 Å². The van der Waals surface area contributed by atoms with Crippen LogP contribution in [0.5, 0.6) is 0 Å². The van der Waals surface area contributed by atoms with Crippen LogP contribution in [0.2, 0.25) is 0 Å². The molecule has 1 atom stereocenters. The Hall–Kier alpha value is -0.0800. The summed E-state index contributed by atoms with van der Waals surface area (Å²) in [7, 11) is 0. The van der Waals surface area contributed by atoms with Gasteiger partial charge >= 0.3 is 0 Å². The molecule has 0 saturated carbocycles. The SMILES string of the molecule is CCOCC(C)(CC)CO. The predicted molar refractivity (Wildman–Crippen MR) is 42.0 cm³/mol. The maximum atomic E-state index is 8.93. The quantitative estimate of drug-likeness (QED) is 0.635. The van der Waals surface area contributed by atoms with E-state index in [4.69, 9.17) is 9.84 Å². The molecule has 0 spiro atoms. The molecule has 0 aliphatic heterocycles. The van der Waals surface area contributed by atoms with Crippen molar-refractivity contribution in [2.75, 3.05) is 19.8 Å². The average Bonchev–Trinajstić information content (AvgIpc) is 2.00. The van der Waals surface area contributed by atoms with Gasteiger partial charge in [-0.05, 0) is 13.3 Å². The molecular weight excluding hydrogens is 128 g/mol. The fourth-order valence-corrected chi connectivity index (χ4v) is 0.608. The Labute approximate surface area is 63.2 Å². The molecule has 2 heteroatoms. The molecule has 1 unspecified atom stereocenters. The molecule has 0 amide bonds. The van der Waals surface area contributed by atoms with E-state index in [-0.39, 0.29) is 12.0 Å². The summed E-state index contributed by atoms with van der Waals surface area (Å²) in [6.45, 7) is 7.67. The molecule has 0 aromatic heterocycles. The molecule has 0 aromatic rings. The van der Waals surface area contributed by atoms with Crippen LogP contribution < -0.4 is 0 Å². The molecule has 0 fully saturated rings. The van der Waals surface area contributed by atoms with Crippen molar-refractivity contribution in [3.63, 3.8) is 0 Å². The van der Waals surface area contributed by atoms with Gasteiger partial charge in [0.1, 0.15) is 0 Å². The van der Waals surface area contributed by atoms with Crippen molar-refractivity contribution in [3.05, 3.63) is 0 Å². The molecule has 62 valence electrons. The Morgan fingerprint density at radius 2 is 2.00 bits per heavy atom. The molecule has 2 nitrogen and oxygen atoms in total. The first kappa shape index (κ1) is 9.92. The van der Waals surface area contributed by atoms with Crippen LogP contribution in [0.15, 0.2) is 0 Å². The summed E-state index contributed by atoms with van der Waals surface area (Å²) in [5.41, 5.74) is -0.0317. The summed E-state index contributed by atoms with van der Waals surface area (Å²) in [6, 6.07) is 0. The first-order chi connectivity index (χ1) is 4.68. The van der Waals surface area contributed by atoms with E-state index in [0.717, 1.165) is 13.0 Å². The number of rotatable bonds is 5. The van der Waals surface area contributed by atoms with Crippen LogP contribution in [0.3, 0.4) is 0 Å². The second-order valence-electron chi connectivity index (χ2n) is 2.96. The smallest absolute Gasteiger partial charge is 0.0541 e. The highest BCUT2D eigenvalue weighted by molar-refractivity contribution is 4.69. The number of hydrogen-bond donors (Lipinski definition) is 1. The third-order valence-corrected chi connectivity index (χ3v) is 1.89. The van der Waals surface area contributed by atoms with E-state index in [0.29, 0.717) is 6.61 Å². The van der Waals surface area contributed by atoms with Crippen molar-refractivity contribution in [3.8, 4) is 0 Å². The summed E-state index contributed by atoms with van der Waals surface area (Å²) in [6.07, 6.45) is 0.962. The minimum atomic E-state index is -0.0317. The summed E-state index contributed by atoms with van der Waals surface area (Å²) in [5.74, 6) is 0. The van der Waals surface area contributed by atoms with Gasteiger partial charge < -0.3 is 9.84 Å². The van der Waals surface area contributed by atoms with Gasteiger partial charge in [-0.25, -0.2) is 0 Å². The highest BCUT2D eigenvalue weighted by Crippen LogP contribution is 2.19. The van der Waals surface area contributed by atoms with Gasteiger partial charge in [0.2, 0.25) is 0 Å². The largest absolute Gasteiger partial charge is 0.396 e. The fraction of sp³-hybridized carbons (Fsp3) is 1.00. The van der Waals surface area contributed by atoms with Gasteiger partial charge in [-0.2, -0.15) is 0 Å². The molecule has 10 heavy (non-hydrogen) atoms. The van der Waals surface area contributed by atoms with E-state index in [9.17, 15) is 0 Å². The summed E-state index contributed by atoms with van der Waals surface area (Å²) in [4.78, 5) is 0. The molecule has 0 saturated heterocycles. The topological polar surface area (TPSA) is 29.5 Å². The molecule has 0 aliphatic rings. The third kappa shape index (κ3) is 3.18. The van der Waals surface area contributed by atoms with Crippen molar-refractivity contribution in [1.29, 1.82) is 0 Å². The lowest BCUT2D eigenvalue weighted by Crippen LogP contribution is -2.26. The normalized spacial score (nSPS) is 16.8. The Kier molecular flexibility index (Phi) is 4.65. The van der Waals surface area contributed by atoms with Gasteiger partial charge in [0.15, 0.2) is 0 Å². The minimum absolute atomic E-state index is 0.0317. The van der Waals surface area contributed by atoms with Gasteiger partial charge in [0.25, 0.3) is 0 Å².